The van der Waals surface area contributed by atoms with Gasteiger partial charge in [0.25, 0.3) is 0 Å². The van der Waals surface area contributed by atoms with Gasteiger partial charge in [-0.15, -0.1) is 11.6 Å². The number of imidazole rings is 1. The number of rotatable bonds is 4. The van der Waals surface area contributed by atoms with Crippen molar-refractivity contribution in [2.75, 3.05) is 13.2 Å². The molecule has 3 nitrogen and oxygen atoms in total. The Morgan fingerprint density at radius 2 is 2.33 bits per heavy atom. The van der Waals surface area contributed by atoms with Crippen LogP contribution in [0.1, 0.15) is 31.0 Å². The van der Waals surface area contributed by atoms with Crippen molar-refractivity contribution in [2.24, 2.45) is 5.92 Å². The van der Waals surface area contributed by atoms with E-state index in [1.54, 1.807) is 6.07 Å². The highest BCUT2D eigenvalue weighted by atomic mass is 35.5. The van der Waals surface area contributed by atoms with Crippen molar-refractivity contribution in [1.29, 1.82) is 0 Å². The maximum Gasteiger partial charge on any atom is 0.144 e. The fourth-order valence-corrected chi connectivity index (χ4v) is 3.12. The van der Waals surface area contributed by atoms with Crippen LogP contribution in [0.4, 0.5) is 4.39 Å². The van der Waals surface area contributed by atoms with E-state index >= 15 is 0 Å². The third-order valence-corrected chi connectivity index (χ3v) is 4.45. The molecule has 0 spiro atoms. The highest BCUT2D eigenvalue weighted by molar-refractivity contribution is 6.31. The van der Waals surface area contributed by atoms with Crippen molar-refractivity contribution < 1.29 is 9.13 Å². The van der Waals surface area contributed by atoms with E-state index in [1.165, 1.54) is 6.07 Å². The summed E-state index contributed by atoms with van der Waals surface area (Å²) in [5.74, 6) is 0.871. The lowest BCUT2D eigenvalue weighted by Crippen LogP contribution is -2.09. The van der Waals surface area contributed by atoms with Gasteiger partial charge in [0.1, 0.15) is 11.6 Å². The van der Waals surface area contributed by atoms with E-state index in [9.17, 15) is 4.39 Å². The second-order valence-corrected chi connectivity index (χ2v) is 6.57. The Balaban J connectivity index is 1.96. The van der Waals surface area contributed by atoms with Crippen LogP contribution in [0.15, 0.2) is 12.1 Å². The molecule has 1 saturated heterocycles. The van der Waals surface area contributed by atoms with Crippen molar-refractivity contribution in [3.63, 3.8) is 0 Å². The summed E-state index contributed by atoms with van der Waals surface area (Å²) >= 11 is 12.1. The summed E-state index contributed by atoms with van der Waals surface area (Å²) in [5, 5.41) is -0.124. The lowest BCUT2D eigenvalue weighted by atomic mass is 10.1. The Bertz CT molecular complexity index is 651. The zero-order chi connectivity index (χ0) is 15.0. The SMILES string of the molecule is CC(Cl)c1nc2cc(F)c(Cl)cc2n1CCC1CCOC1. The normalized spacial score (nSPS) is 20.3. The van der Waals surface area contributed by atoms with Gasteiger partial charge in [0.2, 0.25) is 0 Å². The minimum absolute atomic E-state index is 0.113. The lowest BCUT2D eigenvalue weighted by Gasteiger charge is -2.13. The molecule has 21 heavy (non-hydrogen) atoms. The van der Waals surface area contributed by atoms with Crippen LogP contribution >= 0.6 is 23.2 Å². The van der Waals surface area contributed by atoms with Crippen molar-refractivity contribution in [1.82, 2.24) is 9.55 Å². The summed E-state index contributed by atoms with van der Waals surface area (Å²) in [5.41, 5.74) is 1.44. The predicted octanol–water partition coefficient (Wildman–Crippen LogP) is 4.56. The first-order valence-electron chi connectivity index (χ1n) is 7.13. The molecule has 2 heterocycles. The molecule has 3 rings (SSSR count). The highest BCUT2D eigenvalue weighted by Gasteiger charge is 2.20. The van der Waals surface area contributed by atoms with Crippen LogP contribution in [0.5, 0.6) is 0 Å². The first-order chi connectivity index (χ1) is 10.1. The minimum atomic E-state index is -0.452. The second-order valence-electron chi connectivity index (χ2n) is 5.51. The van der Waals surface area contributed by atoms with Crippen LogP contribution in [0.25, 0.3) is 11.0 Å². The first-order valence-corrected chi connectivity index (χ1v) is 7.94. The largest absolute Gasteiger partial charge is 0.381 e. The Labute approximate surface area is 133 Å². The molecule has 1 aliphatic rings. The van der Waals surface area contributed by atoms with E-state index in [4.69, 9.17) is 27.9 Å². The highest BCUT2D eigenvalue weighted by Crippen LogP contribution is 2.29. The number of hydrogen-bond donors (Lipinski definition) is 0. The topological polar surface area (TPSA) is 27.1 Å². The Kier molecular flexibility index (Phi) is 4.38. The molecule has 2 aromatic rings. The molecule has 0 bridgehead atoms. The zero-order valence-electron chi connectivity index (χ0n) is 11.8. The molecular weight excluding hydrogens is 314 g/mol. The Morgan fingerprint density at radius 3 is 3.00 bits per heavy atom. The molecular formula is C15H17Cl2FN2O. The molecule has 1 aromatic carbocycles. The van der Waals surface area contributed by atoms with E-state index in [0.717, 1.165) is 43.9 Å². The number of halogens is 3. The third-order valence-electron chi connectivity index (χ3n) is 3.96. The van der Waals surface area contributed by atoms with Crippen molar-refractivity contribution in [3.05, 3.63) is 28.8 Å². The third kappa shape index (κ3) is 3.03. The van der Waals surface area contributed by atoms with Crippen LogP contribution in [0.3, 0.4) is 0 Å². The van der Waals surface area contributed by atoms with Gasteiger partial charge < -0.3 is 9.30 Å². The van der Waals surface area contributed by atoms with Gasteiger partial charge in [0.15, 0.2) is 0 Å². The molecule has 1 fully saturated rings. The summed E-state index contributed by atoms with van der Waals surface area (Å²) < 4.78 is 21.0. The van der Waals surface area contributed by atoms with E-state index in [1.807, 2.05) is 6.92 Å². The molecule has 0 radical (unpaired) electrons. The number of ether oxygens (including phenoxy) is 1. The summed E-state index contributed by atoms with van der Waals surface area (Å²) in [4.78, 5) is 4.46. The summed E-state index contributed by atoms with van der Waals surface area (Å²) in [6, 6.07) is 3.00. The van der Waals surface area contributed by atoms with E-state index in [2.05, 4.69) is 9.55 Å². The molecule has 0 aliphatic carbocycles. The van der Waals surface area contributed by atoms with Gasteiger partial charge in [-0.05, 0) is 31.7 Å². The zero-order valence-corrected chi connectivity index (χ0v) is 13.3. The molecule has 0 amide bonds. The molecule has 0 N–H and O–H groups in total. The number of nitrogens with zero attached hydrogens (tertiary/aromatic N) is 2. The maximum absolute atomic E-state index is 13.6. The predicted molar refractivity (Wildman–Crippen MR) is 82.5 cm³/mol. The van der Waals surface area contributed by atoms with Crippen molar-refractivity contribution in [3.8, 4) is 0 Å². The van der Waals surface area contributed by atoms with Crippen molar-refractivity contribution >= 4 is 34.2 Å². The van der Waals surface area contributed by atoms with Gasteiger partial charge in [-0.3, -0.25) is 0 Å². The first kappa shape index (κ1) is 15.1. The number of benzene rings is 1. The molecule has 2 unspecified atom stereocenters. The van der Waals surface area contributed by atoms with Crippen LogP contribution in [-0.2, 0) is 11.3 Å². The number of fused-ring (bicyclic) bond motifs is 1. The fraction of sp³-hybridized carbons (Fsp3) is 0.533. The summed E-state index contributed by atoms with van der Waals surface area (Å²) in [6.07, 6.45) is 2.09. The van der Waals surface area contributed by atoms with Crippen molar-refractivity contribution in [2.45, 2.75) is 31.7 Å². The van der Waals surface area contributed by atoms with Gasteiger partial charge in [-0.25, -0.2) is 9.37 Å². The van der Waals surface area contributed by atoms with Gasteiger partial charge in [-0.2, -0.15) is 0 Å². The Hall–Kier alpha value is -0.840. The van der Waals surface area contributed by atoms with Gasteiger partial charge in [-0.1, -0.05) is 11.6 Å². The standard InChI is InChI=1S/C15H17Cl2FN2O/c1-9(16)15-19-13-7-12(18)11(17)6-14(13)20(15)4-2-10-3-5-21-8-10/h6-7,9-10H,2-5,8H2,1H3. The minimum Gasteiger partial charge on any atom is -0.381 e. The Morgan fingerprint density at radius 1 is 1.52 bits per heavy atom. The molecule has 1 aromatic heterocycles. The quantitative estimate of drug-likeness (QED) is 0.768. The average molecular weight is 331 g/mol. The molecule has 114 valence electrons. The molecule has 2 atom stereocenters. The van der Waals surface area contributed by atoms with Crippen LogP contribution < -0.4 is 0 Å². The second kappa shape index (κ2) is 6.11. The van der Waals surface area contributed by atoms with Crippen LogP contribution in [0, 0.1) is 11.7 Å². The fourth-order valence-electron chi connectivity index (χ4n) is 2.80. The van der Waals surface area contributed by atoms with Gasteiger partial charge in [0.05, 0.1) is 21.4 Å². The smallest absolute Gasteiger partial charge is 0.144 e. The summed E-state index contributed by atoms with van der Waals surface area (Å²) in [6.45, 7) is 4.31. The monoisotopic (exact) mass is 330 g/mol. The van der Waals surface area contributed by atoms with Gasteiger partial charge in [0, 0.05) is 25.8 Å². The lowest BCUT2D eigenvalue weighted by molar-refractivity contribution is 0.183. The number of hydrogen-bond acceptors (Lipinski definition) is 2. The average Bonchev–Trinajstić information content (AvgIpc) is 3.05. The summed E-state index contributed by atoms with van der Waals surface area (Å²) in [7, 11) is 0. The molecule has 1 aliphatic heterocycles. The molecule has 0 saturated carbocycles. The number of alkyl halides is 1. The van der Waals surface area contributed by atoms with Gasteiger partial charge >= 0.3 is 0 Å². The number of aromatic nitrogens is 2. The van der Waals surface area contributed by atoms with Crippen LogP contribution in [-0.4, -0.2) is 22.8 Å². The molecule has 6 heteroatoms. The van der Waals surface area contributed by atoms with E-state index in [0.29, 0.717) is 11.4 Å². The maximum atomic E-state index is 13.6. The van der Waals surface area contributed by atoms with E-state index in [-0.39, 0.29) is 10.4 Å². The van der Waals surface area contributed by atoms with Crippen LogP contribution in [0.2, 0.25) is 5.02 Å². The van der Waals surface area contributed by atoms with E-state index < -0.39 is 5.82 Å². The number of aryl methyl sites for hydroxylation is 1.